The van der Waals surface area contributed by atoms with Crippen molar-refractivity contribution in [3.63, 3.8) is 0 Å². The highest BCUT2D eigenvalue weighted by Gasteiger charge is 2.38. The van der Waals surface area contributed by atoms with Gasteiger partial charge in [0, 0.05) is 62.9 Å². The summed E-state index contributed by atoms with van der Waals surface area (Å²) in [5.41, 5.74) is 0.874. The summed E-state index contributed by atoms with van der Waals surface area (Å²) in [4.78, 5) is 38.4. The fourth-order valence-corrected chi connectivity index (χ4v) is 3.29. The van der Waals surface area contributed by atoms with Gasteiger partial charge >= 0.3 is 0 Å². The second kappa shape index (κ2) is 7.72. The summed E-state index contributed by atoms with van der Waals surface area (Å²) in [5.74, 6) is 0.685. The van der Waals surface area contributed by atoms with E-state index in [-0.39, 0.29) is 23.4 Å². The molecule has 0 bridgehead atoms. The standard InChI is InChI=1S/C18H24N4O4/c1-13-11-16(13)18(24)19-6-5-17(23)21-9-7-20(8-10-21)14-3-2-4-15(12-14)22(25)26/h2-4,12-13,16H,5-11H2,1H3,(H,19,24). The highest BCUT2D eigenvalue weighted by molar-refractivity contribution is 5.82. The fourth-order valence-electron chi connectivity index (χ4n) is 3.29. The molecule has 2 atom stereocenters. The first-order valence-corrected chi connectivity index (χ1v) is 9.00. The Labute approximate surface area is 152 Å². The second-order valence-corrected chi connectivity index (χ2v) is 7.01. The molecule has 2 aliphatic rings. The Hall–Kier alpha value is -2.64. The van der Waals surface area contributed by atoms with Crippen LogP contribution in [0.2, 0.25) is 0 Å². The van der Waals surface area contributed by atoms with Crippen molar-refractivity contribution < 1.29 is 14.5 Å². The number of carbonyl (C=O) groups excluding carboxylic acids is 2. The quantitative estimate of drug-likeness (QED) is 0.611. The van der Waals surface area contributed by atoms with Crippen LogP contribution in [0.15, 0.2) is 24.3 Å². The van der Waals surface area contributed by atoms with Crippen LogP contribution in [0.25, 0.3) is 0 Å². The van der Waals surface area contributed by atoms with Gasteiger partial charge in [-0.25, -0.2) is 0 Å². The predicted molar refractivity (Wildman–Crippen MR) is 96.8 cm³/mol. The van der Waals surface area contributed by atoms with E-state index in [0.29, 0.717) is 45.1 Å². The molecule has 2 unspecified atom stereocenters. The van der Waals surface area contributed by atoms with Gasteiger partial charge in [-0.15, -0.1) is 0 Å². The summed E-state index contributed by atoms with van der Waals surface area (Å²) in [6, 6.07) is 6.55. The number of carbonyl (C=O) groups is 2. The Kier molecular flexibility index (Phi) is 5.39. The molecule has 8 nitrogen and oxygen atoms in total. The average molecular weight is 360 g/mol. The molecule has 1 saturated carbocycles. The van der Waals surface area contributed by atoms with Gasteiger partial charge in [0.15, 0.2) is 0 Å². The molecule has 0 spiro atoms. The molecule has 26 heavy (non-hydrogen) atoms. The fraction of sp³-hybridized carbons (Fsp3) is 0.556. The summed E-state index contributed by atoms with van der Waals surface area (Å²) in [6.45, 7) is 4.87. The molecule has 1 aromatic carbocycles. The van der Waals surface area contributed by atoms with Gasteiger partial charge in [0.05, 0.1) is 4.92 Å². The van der Waals surface area contributed by atoms with Gasteiger partial charge in [0.1, 0.15) is 0 Å². The molecule has 140 valence electrons. The van der Waals surface area contributed by atoms with Gasteiger partial charge in [-0.3, -0.25) is 19.7 Å². The topological polar surface area (TPSA) is 95.8 Å². The third-order valence-corrected chi connectivity index (χ3v) is 5.12. The van der Waals surface area contributed by atoms with Crippen LogP contribution >= 0.6 is 0 Å². The third-order valence-electron chi connectivity index (χ3n) is 5.12. The molecule has 0 aromatic heterocycles. The van der Waals surface area contributed by atoms with Crippen molar-refractivity contribution in [1.82, 2.24) is 10.2 Å². The van der Waals surface area contributed by atoms with E-state index >= 15 is 0 Å². The van der Waals surface area contributed by atoms with Crippen LogP contribution < -0.4 is 10.2 Å². The van der Waals surface area contributed by atoms with Crippen molar-refractivity contribution in [2.45, 2.75) is 19.8 Å². The summed E-state index contributed by atoms with van der Waals surface area (Å²) in [5, 5.41) is 13.7. The normalized spacial score (nSPS) is 22.0. The zero-order valence-corrected chi connectivity index (χ0v) is 14.9. The lowest BCUT2D eigenvalue weighted by Gasteiger charge is -2.36. The zero-order chi connectivity index (χ0) is 18.7. The number of nitrogens with one attached hydrogen (secondary N) is 1. The summed E-state index contributed by atoms with van der Waals surface area (Å²) < 4.78 is 0. The van der Waals surface area contributed by atoms with E-state index in [4.69, 9.17) is 0 Å². The minimum atomic E-state index is -0.403. The number of hydrogen-bond donors (Lipinski definition) is 1. The first kappa shape index (κ1) is 18.2. The van der Waals surface area contributed by atoms with E-state index in [2.05, 4.69) is 12.2 Å². The van der Waals surface area contributed by atoms with Crippen LogP contribution in [-0.2, 0) is 9.59 Å². The van der Waals surface area contributed by atoms with Crippen molar-refractivity contribution in [3.05, 3.63) is 34.4 Å². The Bertz CT molecular complexity index is 700. The summed E-state index contributed by atoms with van der Waals surface area (Å²) in [7, 11) is 0. The number of hydrogen-bond acceptors (Lipinski definition) is 5. The van der Waals surface area contributed by atoms with Gasteiger partial charge in [-0.05, 0) is 18.4 Å². The monoisotopic (exact) mass is 360 g/mol. The van der Waals surface area contributed by atoms with Crippen LogP contribution in [0.1, 0.15) is 19.8 Å². The maximum Gasteiger partial charge on any atom is 0.271 e. The van der Waals surface area contributed by atoms with Crippen LogP contribution in [0, 0.1) is 22.0 Å². The van der Waals surface area contributed by atoms with E-state index in [1.165, 1.54) is 6.07 Å². The van der Waals surface area contributed by atoms with Crippen molar-refractivity contribution in [3.8, 4) is 0 Å². The highest BCUT2D eigenvalue weighted by Crippen LogP contribution is 2.37. The van der Waals surface area contributed by atoms with Crippen molar-refractivity contribution >= 4 is 23.2 Å². The van der Waals surface area contributed by atoms with Crippen molar-refractivity contribution in [1.29, 1.82) is 0 Å². The van der Waals surface area contributed by atoms with Crippen LogP contribution in [0.5, 0.6) is 0 Å². The van der Waals surface area contributed by atoms with Gasteiger partial charge in [-0.1, -0.05) is 13.0 Å². The van der Waals surface area contributed by atoms with E-state index in [1.54, 1.807) is 17.0 Å². The molecular formula is C18H24N4O4. The van der Waals surface area contributed by atoms with Gasteiger partial charge < -0.3 is 15.1 Å². The molecule has 1 aliphatic carbocycles. The third kappa shape index (κ3) is 4.30. The minimum absolute atomic E-state index is 0.0350. The largest absolute Gasteiger partial charge is 0.368 e. The Morgan fingerprint density at radius 3 is 2.58 bits per heavy atom. The molecule has 0 radical (unpaired) electrons. The zero-order valence-electron chi connectivity index (χ0n) is 14.9. The summed E-state index contributed by atoms with van der Waals surface area (Å²) in [6.07, 6.45) is 1.25. The molecule has 8 heteroatoms. The number of amides is 2. The Morgan fingerprint density at radius 2 is 1.96 bits per heavy atom. The molecule has 1 aliphatic heterocycles. The van der Waals surface area contributed by atoms with E-state index in [9.17, 15) is 19.7 Å². The molecule has 1 saturated heterocycles. The molecule has 1 heterocycles. The van der Waals surface area contributed by atoms with E-state index in [0.717, 1.165) is 12.1 Å². The molecule has 2 amide bonds. The lowest BCUT2D eigenvalue weighted by molar-refractivity contribution is -0.384. The molecule has 1 N–H and O–H groups in total. The second-order valence-electron chi connectivity index (χ2n) is 7.01. The number of anilines is 1. The van der Waals surface area contributed by atoms with Crippen molar-refractivity contribution in [2.24, 2.45) is 11.8 Å². The number of piperazine rings is 1. The Balaban J connectivity index is 1.43. The lowest BCUT2D eigenvalue weighted by Crippen LogP contribution is -2.49. The number of nitrogens with zero attached hydrogens (tertiary/aromatic N) is 3. The number of non-ortho nitro benzene ring substituents is 1. The van der Waals surface area contributed by atoms with Crippen LogP contribution in [-0.4, -0.2) is 54.4 Å². The molecule has 2 fully saturated rings. The number of rotatable bonds is 6. The molecular weight excluding hydrogens is 336 g/mol. The van der Waals surface area contributed by atoms with Gasteiger partial charge in [0.25, 0.3) is 5.69 Å². The minimum Gasteiger partial charge on any atom is -0.368 e. The highest BCUT2D eigenvalue weighted by atomic mass is 16.6. The average Bonchev–Trinajstić information content (AvgIpc) is 3.38. The van der Waals surface area contributed by atoms with Crippen molar-refractivity contribution in [2.75, 3.05) is 37.6 Å². The van der Waals surface area contributed by atoms with E-state index in [1.807, 2.05) is 11.0 Å². The number of nitro benzene ring substituents is 1. The van der Waals surface area contributed by atoms with Crippen LogP contribution in [0.4, 0.5) is 11.4 Å². The molecule has 1 aromatic rings. The van der Waals surface area contributed by atoms with E-state index < -0.39 is 4.92 Å². The molecule has 3 rings (SSSR count). The van der Waals surface area contributed by atoms with Gasteiger partial charge in [-0.2, -0.15) is 0 Å². The Morgan fingerprint density at radius 1 is 1.27 bits per heavy atom. The predicted octanol–water partition coefficient (Wildman–Crippen LogP) is 1.41. The number of nitro groups is 1. The lowest BCUT2D eigenvalue weighted by atomic mass is 10.2. The summed E-state index contributed by atoms with van der Waals surface area (Å²) >= 11 is 0. The SMILES string of the molecule is CC1CC1C(=O)NCCC(=O)N1CCN(c2cccc([N+](=O)[O-])c2)CC1. The first-order chi connectivity index (χ1) is 12.5. The maximum atomic E-state index is 12.3. The maximum absolute atomic E-state index is 12.3. The van der Waals surface area contributed by atoms with Gasteiger partial charge in [0.2, 0.25) is 11.8 Å². The first-order valence-electron chi connectivity index (χ1n) is 9.00. The smallest absolute Gasteiger partial charge is 0.271 e. The van der Waals surface area contributed by atoms with Crippen LogP contribution in [0.3, 0.4) is 0 Å². The number of benzene rings is 1.